The van der Waals surface area contributed by atoms with Crippen molar-refractivity contribution in [3.05, 3.63) is 60.7 Å². The maximum absolute atomic E-state index is 11.9. The predicted octanol–water partition coefficient (Wildman–Crippen LogP) is 1.37. The lowest BCUT2D eigenvalue weighted by Gasteiger charge is -2.09. The van der Waals surface area contributed by atoms with Crippen LogP contribution in [0, 0.1) is 0 Å². The number of benzene rings is 1. The molecule has 128 valence electrons. The predicted molar refractivity (Wildman–Crippen MR) is 89.5 cm³/mol. The molecule has 0 saturated carbocycles. The Morgan fingerprint density at radius 2 is 1.92 bits per heavy atom. The Kier molecular flexibility index (Phi) is 5.20. The summed E-state index contributed by atoms with van der Waals surface area (Å²) in [5.41, 5.74) is 1.49. The van der Waals surface area contributed by atoms with Gasteiger partial charge in [-0.25, -0.2) is 4.68 Å². The fraction of sp³-hybridized carbons (Fsp3) is 0.176. The van der Waals surface area contributed by atoms with E-state index in [0.717, 1.165) is 5.69 Å². The fourth-order valence-corrected chi connectivity index (χ4v) is 2.12. The highest BCUT2D eigenvalue weighted by atomic mass is 16.5. The zero-order valence-corrected chi connectivity index (χ0v) is 13.6. The average molecular weight is 339 g/mol. The van der Waals surface area contributed by atoms with E-state index >= 15 is 0 Å². The van der Waals surface area contributed by atoms with Gasteiger partial charge in [0.15, 0.2) is 18.1 Å². The van der Waals surface area contributed by atoms with E-state index in [1.165, 1.54) is 0 Å². The van der Waals surface area contributed by atoms with Crippen molar-refractivity contribution in [2.75, 3.05) is 13.7 Å². The van der Waals surface area contributed by atoms with E-state index in [9.17, 15) is 4.79 Å². The van der Waals surface area contributed by atoms with Crippen LogP contribution in [0.5, 0.6) is 11.5 Å². The van der Waals surface area contributed by atoms with Gasteiger partial charge in [-0.15, -0.1) is 5.10 Å². The van der Waals surface area contributed by atoms with Crippen molar-refractivity contribution in [2.24, 2.45) is 0 Å². The molecule has 0 fully saturated rings. The van der Waals surface area contributed by atoms with E-state index in [4.69, 9.17) is 9.47 Å². The number of carbonyl (C=O) groups is 1. The topological polar surface area (TPSA) is 91.2 Å². The molecular weight excluding hydrogens is 322 g/mol. The van der Waals surface area contributed by atoms with Crippen LogP contribution in [0.1, 0.15) is 5.69 Å². The van der Waals surface area contributed by atoms with Crippen molar-refractivity contribution >= 4 is 5.91 Å². The molecule has 1 aromatic carbocycles. The molecular formula is C17H17N5O3. The first-order valence-corrected chi connectivity index (χ1v) is 7.60. The summed E-state index contributed by atoms with van der Waals surface area (Å²) in [5.74, 6) is 0.837. The Balaban J connectivity index is 1.50. The average Bonchev–Trinajstić information content (AvgIpc) is 3.14. The third-order valence-corrected chi connectivity index (χ3v) is 3.36. The third kappa shape index (κ3) is 4.31. The number of amides is 1. The normalized spacial score (nSPS) is 10.3. The van der Waals surface area contributed by atoms with Crippen molar-refractivity contribution in [2.45, 2.75) is 6.54 Å². The molecule has 25 heavy (non-hydrogen) atoms. The number of carbonyl (C=O) groups excluding carboxylic acids is 1. The number of aromatic nitrogens is 4. The summed E-state index contributed by atoms with van der Waals surface area (Å²) in [4.78, 5) is 15.9. The van der Waals surface area contributed by atoms with Crippen molar-refractivity contribution in [3.8, 4) is 17.2 Å². The SMILES string of the molecule is COc1ccccc1OCC(=O)NCc1cn(-c2ccncc2)nn1. The van der Waals surface area contributed by atoms with E-state index < -0.39 is 0 Å². The Morgan fingerprint density at radius 3 is 2.68 bits per heavy atom. The minimum absolute atomic E-state index is 0.112. The smallest absolute Gasteiger partial charge is 0.258 e. The van der Waals surface area contributed by atoms with E-state index in [-0.39, 0.29) is 19.1 Å². The molecule has 3 aromatic rings. The first-order chi connectivity index (χ1) is 12.3. The number of pyridine rings is 1. The summed E-state index contributed by atoms with van der Waals surface area (Å²) in [5, 5.41) is 10.8. The van der Waals surface area contributed by atoms with Crippen LogP contribution in [-0.2, 0) is 11.3 Å². The molecule has 8 nitrogen and oxygen atoms in total. The molecule has 0 saturated heterocycles. The quantitative estimate of drug-likeness (QED) is 0.699. The Bertz CT molecular complexity index is 835. The maximum Gasteiger partial charge on any atom is 0.258 e. The monoisotopic (exact) mass is 339 g/mol. The van der Waals surface area contributed by atoms with Gasteiger partial charge in [0.25, 0.3) is 5.91 Å². The van der Waals surface area contributed by atoms with Gasteiger partial charge in [-0.2, -0.15) is 0 Å². The van der Waals surface area contributed by atoms with E-state index in [0.29, 0.717) is 17.2 Å². The van der Waals surface area contributed by atoms with Crippen molar-refractivity contribution in [1.29, 1.82) is 0 Å². The van der Waals surface area contributed by atoms with Gasteiger partial charge in [0.2, 0.25) is 0 Å². The highest BCUT2D eigenvalue weighted by Crippen LogP contribution is 2.25. The molecule has 0 aliphatic heterocycles. The van der Waals surface area contributed by atoms with Crippen LogP contribution >= 0.6 is 0 Å². The Labute approximate surface area is 144 Å². The summed E-state index contributed by atoms with van der Waals surface area (Å²) in [6.45, 7) is 0.151. The largest absolute Gasteiger partial charge is 0.493 e. The second-order valence-corrected chi connectivity index (χ2v) is 5.08. The lowest BCUT2D eigenvalue weighted by Crippen LogP contribution is -2.28. The second kappa shape index (κ2) is 7.91. The van der Waals surface area contributed by atoms with Crippen LogP contribution in [0.4, 0.5) is 0 Å². The number of hydrogen-bond acceptors (Lipinski definition) is 6. The van der Waals surface area contributed by atoms with Gasteiger partial charge in [-0.05, 0) is 24.3 Å². The van der Waals surface area contributed by atoms with Crippen molar-refractivity contribution in [1.82, 2.24) is 25.3 Å². The van der Waals surface area contributed by atoms with Crippen molar-refractivity contribution in [3.63, 3.8) is 0 Å². The summed E-state index contributed by atoms with van der Waals surface area (Å²) in [7, 11) is 1.55. The Morgan fingerprint density at radius 1 is 1.16 bits per heavy atom. The highest BCUT2D eigenvalue weighted by Gasteiger charge is 2.08. The molecule has 2 aromatic heterocycles. The van der Waals surface area contributed by atoms with Gasteiger partial charge in [-0.1, -0.05) is 17.3 Å². The van der Waals surface area contributed by atoms with E-state index in [2.05, 4.69) is 20.6 Å². The molecule has 8 heteroatoms. The standard InChI is InChI=1S/C17H17N5O3/c1-24-15-4-2-3-5-16(15)25-12-17(23)19-10-13-11-22(21-20-13)14-6-8-18-9-7-14/h2-9,11H,10,12H2,1H3,(H,19,23). The molecule has 0 aliphatic rings. The van der Waals surface area contributed by atoms with Gasteiger partial charge in [0.1, 0.15) is 5.69 Å². The zero-order chi connectivity index (χ0) is 17.5. The number of nitrogens with one attached hydrogen (secondary N) is 1. The molecule has 1 amide bonds. The van der Waals surface area contributed by atoms with Gasteiger partial charge < -0.3 is 14.8 Å². The lowest BCUT2D eigenvalue weighted by atomic mass is 10.3. The summed E-state index contributed by atoms with van der Waals surface area (Å²) in [6.07, 6.45) is 5.10. The highest BCUT2D eigenvalue weighted by molar-refractivity contribution is 5.77. The number of nitrogens with zero attached hydrogens (tertiary/aromatic N) is 4. The van der Waals surface area contributed by atoms with E-state index in [1.54, 1.807) is 42.5 Å². The van der Waals surface area contributed by atoms with Crippen molar-refractivity contribution < 1.29 is 14.3 Å². The van der Waals surface area contributed by atoms with E-state index in [1.807, 2.05) is 24.3 Å². The summed E-state index contributed by atoms with van der Waals surface area (Å²) in [6, 6.07) is 10.8. The Hall–Kier alpha value is -3.42. The molecule has 0 bridgehead atoms. The molecule has 3 rings (SSSR count). The first kappa shape index (κ1) is 16.4. The van der Waals surface area contributed by atoms with Gasteiger partial charge in [0.05, 0.1) is 25.5 Å². The molecule has 0 aliphatic carbocycles. The second-order valence-electron chi connectivity index (χ2n) is 5.08. The molecule has 2 heterocycles. The van der Waals surface area contributed by atoms with Crippen LogP contribution in [-0.4, -0.2) is 39.6 Å². The summed E-state index contributed by atoms with van der Waals surface area (Å²) >= 11 is 0. The van der Waals surface area contributed by atoms with Crippen LogP contribution in [0.15, 0.2) is 55.0 Å². The molecule has 1 N–H and O–H groups in total. The van der Waals surface area contributed by atoms with Gasteiger partial charge >= 0.3 is 0 Å². The van der Waals surface area contributed by atoms with Gasteiger partial charge in [0, 0.05) is 12.4 Å². The fourth-order valence-electron chi connectivity index (χ4n) is 2.12. The van der Waals surface area contributed by atoms with Crippen LogP contribution in [0.3, 0.4) is 0 Å². The van der Waals surface area contributed by atoms with Crippen LogP contribution in [0.25, 0.3) is 5.69 Å². The molecule has 0 spiro atoms. The lowest BCUT2D eigenvalue weighted by molar-refractivity contribution is -0.123. The number of para-hydroxylation sites is 2. The van der Waals surface area contributed by atoms with Gasteiger partial charge in [-0.3, -0.25) is 9.78 Å². The maximum atomic E-state index is 11.9. The number of methoxy groups -OCH3 is 1. The minimum atomic E-state index is -0.260. The molecule has 0 unspecified atom stereocenters. The zero-order valence-electron chi connectivity index (χ0n) is 13.6. The molecule has 0 atom stereocenters. The number of hydrogen-bond donors (Lipinski definition) is 1. The molecule has 0 radical (unpaired) electrons. The van der Waals surface area contributed by atoms with Crippen LogP contribution in [0.2, 0.25) is 0 Å². The minimum Gasteiger partial charge on any atom is -0.493 e. The number of rotatable bonds is 7. The third-order valence-electron chi connectivity index (χ3n) is 3.36. The first-order valence-electron chi connectivity index (χ1n) is 7.60. The summed E-state index contributed by atoms with van der Waals surface area (Å²) < 4.78 is 12.3. The van der Waals surface area contributed by atoms with Crippen LogP contribution < -0.4 is 14.8 Å². The number of ether oxygens (including phenoxy) is 2.